The molecule has 1 atom stereocenters. The van der Waals surface area contributed by atoms with Crippen LogP contribution in [-0.4, -0.2) is 36.5 Å². The molecule has 140 valence electrons. The van der Waals surface area contributed by atoms with Crippen LogP contribution in [0.4, 0.5) is 0 Å². The molecule has 1 aliphatic rings. The van der Waals surface area contributed by atoms with Gasteiger partial charge in [0.15, 0.2) is 5.96 Å². The first-order chi connectivity index (χ1) is 12.5. The van der Waals surface area contributed by atoms with E-state index in [0.29, 0.717) is 30.2 Å². The zero-order valence-electron chi connectivity index (χ0n) is 15.6. The smallest absolute Gasteiger partial charge is 0.216 e. The number of rotatable bonds is 7. The van der Waals surface area contributed by atoms with Crippen molar-refractivity contribution in [3.8, 4) is 11.8 Å². The molecular formula is C20H28N4O2. The Hall–Kier alpha value is -2.55. The van der Waals surface area contributed by atoms with Crippen LogP contribution in [0, 0.1) is 17.2 Å². The zero-order valence-corrected chi connectivity index (χ0v) is 15.6. The lowest BCUT2D eigenvalue weighted by Gasteiger charge is -2.32. The predicted octanol–water partition coefficient (Wildman–Crippen LogP) is 3.07. The Kier molecular flexibility index (Phi) is 7.02. The lowest BCUT2D eigenvalue weighted by atomic mass is 9.80. The average Bonchev–Trinajstić information content (AvgIpc) is 2.66. The topological polar surface area (TPSA) is 91.7 Å². The Bertz CT molecular complexity index is 659. The Labute approximate surface area is 155 Å². The third-order valence-electron chi connectivity index (χ3n) is 4.89. The van der Waals surface area contributed by atoms with E-state index >= 15 is 0 Å². The highest BCUT2D eigenvalue weighted by atomic mass is 16.5. The summed E-state index contributed by atoms with van der Waals surface area (Å²) in [6.07, 6.45) is 7.73. The van der Waals surface area contributed by atoms with Crippen molar-refractivity contribution < 1.29 is 9.53 Å². The first-order valence-corrected chi connectivity index (χ1v) is 9.12. The number of ether oxygens (including phenoxy) is 1. The Balaban J connectivity index is 2.12. The molecule has 2 N–H and O–H groups in total. The molecule has 1 amide bonds. The minimum absolute atomic E-state index is 0.196. The van der Waals surface area contributed by atoms with Crippen molar-refractivity contribution in [2.45, 2.75) is 51.0 Å². The molecule has 1 aromatic carbocycles. The van der Waals surface area contributed by atoms with Crippen LogP contribution in [-0.2, 0) is 4.79 Å². The largest absolute Gasteiger partial charge is 0.491 e. The van der Waals surface area contributed by atoms with Gasteiger partial charge in [-0.05, 0) is 43.5 Å². The van der Waals surface area contributed by atoms with E-state index in [1.807, 2.05) is 6.92 Å². The van der Waals surface area contributed by atoms with Gasteiger partial charge in [0.2, 0.25) is 6.41 Å². The van der Waals surface area contributed by atoms with E-state index in [1.54, 1.807) is 31.3 Å². The summed E-state index contributed by atoms with van der Waals surface area (Å²) in [6.45, 7) is 2.39. The standard InChI is InChI=1S/C20H28N4O2/c1-20(23-19(22)24(2)15-25,12-16-6-4-3-5-7-16)14-26-18-10-8-17(13-21)9-11-18/h8-11,15-16H,3-7,12,14H2,1-2H3,(H2,22,23). The number of guanidine groups is 1. The van der Waals surface area contributed by atoms with Gasteiger partial charge in [0.1, 0.15) is 12.4 Å². The van der Waals surface area contributed by atoms with E-state index in [1.165, 1.54) is 37.0 Å². The third-order valence-corrected chi connectivity index (χ3v) is 4.89. The second-order valence-corrected chi connectivity index (χ2v) is 7.32. The quantitative estimate of drug-likeness (QED) is 0.462. The molecule has 1 aromatic rings. The normalized spacial score (nSPS) is 17.8. The van der Waals surface area contributed by atoms with Crippen molar-refractivity contribution in [2.75, 3.05) is 13.7 Å². The summed E-state index contributed by atoms with van der Waals surface area (Å²) < 4.78 is 5.95. The molecule has 0 heterocycles. The van der Waals surface area contributed by atoms with Crippen LogP contribution in [0.2, 0.25) is 0 Å². The van der Waals surface area contributed by atoms with Crippen LogP contribution in [0.5, 0.6) is 5.75 Å². The second kappa shape index (κ2) is 9.23. The summed E-state index contributed by atoms with van der Waals surface area (Å²) in [5.41, 5.74) is 6.06. The number of hydrogen-bond acceptors (Lipinski definition) is 4. The van der Waals surface area contributed by atoms with Gasteiger partial charge in [-0.2, -0.15) is 5.26 Å². The molecule has 2 rings (SSSR count). The van der Waals surface area contributed by atoms with Gasteiger partial charge in [0, 0.05) is 7.05 Å². The Morgan fingerprint density at radius 3 is 2.62 bits per heavy atom. The number of aliphatic imine (C=N–C) groups is 1. The fourth-order valence-corrected chi connectivity index (χ4v) is 3.42. The minimum atomic E-state index is -0.517. The number of carbonyl (C=O) groups excluding carboxylic acids is 1. The van der Waals surface area contributed by atoms with Gasteiger partial charge < -0.3 is 10.5 Å². The van der Waals surface area contributed by atoms with Gasteiger partial charge in [0.05, 0.1) is 17.2 Å². The maximum atomic E-state index is 11.0. The van der Waals surface area contributed by atoms with Gasteiger partial charge in [0.25, 0.3) is 0 Å². The summed E-state index contributed by atoms with van der Waals surface area (Å²) in [4.78, 5) is 16.9. The molecule has 0 spiro atoms. The zero-order chi connectivity index (χ0) is 19.0. The van der Waals surface area contributed by atoms with E-state index in [0.717, 1.165) is 6.42 Å². The molecule has 1 fully saturated rings. The predicted molar refractivity (Wildman–Crippen MR) is 102 cm³/mol. The summed E-state index contributed by atoms with van der Waals surface area (Å²) in [5, 5.41) is 8.89. The van der Waals surface area contributed by atoms with Crippen molar-refractivity contribution in [3.05, 3.63) is 29.8 Å². The molecule has 0 aromatic heterocycles. The minimum Gasteiger partial charge on any atom is -0.491 e. The van der Waals surface area contributed by atoms with Crippen LogP contribution in [0.15, 0.2) is 29.3 Å². The molecule has 0 radical (unpaired) electrons. The molecule has 0 saturated heterocycles. The number of benzene rings is 1. The number of hydrogen-bond donors (Lipinski definition) is 1. The molecule has 0 aliphatic heterocycles. The lowest BCUT2D eigenvalue weighted by molar-refractivity contribution is -0.114. The van der Waals surface area contributed by atoms with Gasteiger partial charge in [-0.25, -0.2) is 4.99 Å². The van der Waals surface area contributed by atoms with Crippen LogP contribution in [0.1, 0.15) is 51.0 Å². The first kappa shape index (κ1) is 19.8. The van der Waals surface area contributed by atoms with Crippen LogP contribution >= 0.6 is 0 Å². The van der Waals surface area contributed by atoms with Gasteiger partial charge in [-0.3, -0.25) is 9.69 Å². The summed E-state index contributed by atoms with van der Waals surface area (Å²) in [7, 11) is 1.59. The molecule has 1 unspecified atom stereocenters. The van der Waals surface area contributed by atoms with Crippen LogP contribution in [0.3, 0.4) is 0 Å². The maximum Gasteiger partial charge on any atom is 0.216 e. The highest BCUT2D eigenvalue weighted by Crippen LogP contribution is 2.33. The van der Waals surface area contributed by atoms with Crippen molar-refractivity contribution >= 4 is 12.4 Å². The molecule has 6 heteroatoms. The average molecular weight is 356 g/mol. The van der Waals surface area contributed by atoms with Crippen molar-refractivity contribution in [3.63, 3.8) is 0 Å². The summed E-state index contributed by atoms with van der Waals surface area (Å²) in [5.74, 6) is 1.48. The van der Waals surface area contributed by atoms with Gasteiger partial charge in [-0.15, -0.1) is 0 Å². The van der Waals surface area contributed by atoms with Crippen molar-refractivity contribution in [2.24, 2.45) is 16.6 Å². The van der Waals surface area contributed by atoms with Crippen LogP contribution < -0.4 is 10.5 Å². The number of carbonyl (C=O) groups is 1. The SMILES string of the molecule is CN(C=O)C(N)=NC(C)(COc1ccc(C#N)cc1)CC1CCCCC1. The molecule has 26 heavy (non-hydrogen) atoms. The lowest BCUT2D eigenvalue weighted by Crippen LogP contribution is -2.41. The fraction of sp³-hybridized carbons (Fsp3) is 0.550. The third kappa shape index (κ3) is 5.76. The van der Waals surface area contributed by atoms with Crippen LogP contribution in [0.25, 0.3) is 0 Å². The van der Waals surface area contributed by atoms with Crippen molar-refractivity contribution in [1.29, 1.82) is 5.26 Å². The van der Waals surface area contributed by atoms with Gasteiger partial charge >= 0.3 is 0 Å². The fourth-order valence-electron chi connectivity index (χ4n) is 3.42. The second-order valence-electron chi connectivity index (χ2n) is 7.32. The highest BCUT2D eigenvalue weighted by Gasteiger charge is 2.30. The monoisotopic (exact) mass is 356 g/mol. The molecular weight excluding hydrogens is 328 g/mol. The van der Waals surface area contributed by atoms with E-state index in [-0.39, 0.29) is 5.96 Å². The summed E-state index contributed by atoms with van der Waals surface area (Å²) >= 11 is 0. The number of amides is 1. The Morgan fingerprint density at radius 1 is 1.38 bits per heavy atom. The molecule has 1 saturated carbocycles. The molecule has 1 aliphatic carbocycles. The van der Waals surface area contributed by atoms with E-state index in [9.17, 15) is 4.79 Å². The summed E-state index contributed by atoms with van der Waals surface area (Å²) in [6, 6.07) is 9.11. The van der Waals surface area contributed by atoms with E-state index < -0.39 is 5.54 Å². The Morgan fingerprint density at radius 2 is 2.04 bits per heavy atom. The maximum absolute atomic E-state index is 11.0. The van der Waals surface area contributed by atoms with E-state index in [2.05, 4.69) is 11.1 Å². The van der Waals surface area contributed by atoms with Gasteiger partial charge in [-0.1, -0.05) is 32.1 Å². The molecule has 0 bridgehead atoms. The highest BCUT2D eigenvalue weighted by molar-refractivity contribution is 5.87. The first-order valence-electron chi connectivity index (χ1n) is 9.12. The number of nitriles is 1. The van der Waals surface area contributed by atoms with E-state index in [4.69, 9.17) is 15.7 Å². The number of nitrogens with two attached hydrogens (primary N) is 1. The number of nitrogens with zero attached hydrogens (tertiary/aromatic N) is 3. The van der Waals surface area contributed by atoms with Crippen molar-refractivity contribution in [1.82, 2.24) is 4.90 Å². The molecule has 6 nitrogen and oxygen atoms in total.